The van der Waals surface area contributed by atoms with Crippen LogP contribution in [0.25, 0.3) is 0 Å². The number of nitrogens with zero attached hydrogens (tertiary/aromatic N) is 4. The van der Waals surface area contributed by atoms with Crippen molar-refractivity contribution in [3.63, 3.8) is 0 Å². The minimum atomic E-state index is -4.68. The molecule has 5 rings (SSSR count). The summed E-state index contributed by atoms with van der Waals surface area (Å²) in [6.45, 7) is 3.00. The number of hydrogen-bond donors (Lipinski definition) is 2. The molecule has 0 aliphatic carbocycles. The fraction of sp³-hybridized carbons (Fsp3) is 0.357. The highest BCUT2D eigenvalue weighted by atomic mass is 19.4. The monoisotopic (exact) mass is 557 g/mol. The number of carbonyl (C=O) groups is 1. The first kappa shape index (κ1) is 27.4. The normalized spacial score (nSPS) is 18.6. The van der Waals surface area contributed by atoms with Crippen LogP contribution < -0.4 is 25.1 Å². The van der Waals surface area contributed by atoms with Crippen LogP contribution in [-0.2, 0) is 6.18 Å². The molecule has 2 aromatic rings. The van der Waals surface area contributed by atoms with Gasteiger partial charge >= 0.3 is 12.2 Å². The van der Waals surface area contributed by atoms with E-state index in [1.54, 1.807) is 31.2 Å². The van der Waals surface area contributed by atoms with Gasteiger partial charge in [-0.05, 0) is 43.7 Å². The van der Waals surface area contributed by atoms with Crippen molar-refractivity contribution < 1.29 is 32.5 Å². The maximum absolute atomic E-state index is 14.4. The van der Waals surface area contributed by atoms with E-state index < -0.39 is 17.8 Å². The van der Waals surface area contributed by atoms with E-state index in [1.165, 1.54) is 36.3 Å². The first-order valence-corrected chi connectivity index (χ1v) is 12.8. The zero-order chi connectivity index (χ0) is 28.8. The van der Waals surface area contributed by atoms with Gasteiger partial charge in [0, 0.05) is 55.0 Å². The third kappa shape index (κ3) is 4.72. The molecule has 3 aliphatic rings. The standard InChI is InChI=1S/C28H30F3N5O4/c1-4-23-26-21(7-8-35(26)27(32)38)25(17-9-19(39-2)12-20(10-17)40-3)33-36(23)24-11-18(34-13-16(14-34)15-37)5-6-22(24)28(29,30)31/h4-6,9-12,16,37H,7-8,13-15H2,1-3H3,(H2,32,38)/b23-4+. The minimum Gasteiger partial charge on any atom is -0.497 e. The number of methoxy groups -OCH3 is 2. The molecule has 0 radical (unpaired) electrons. The van der Waals surface area contributed by atoms with Gasteiger partial charge in [0.15, 0.2) is 0 Å². The van der Waals surface area contributed by atoms with E-state index in [9.17, 15) is 23.1 Å². The molecule has 2 aromatic carbocycles. The van der Waals surface area contributed by atoms with Crippen molar-refractivity contribution in [3.8, 4) is 11.5 Å². The lowest BCUT2D eigenvalue weighted by atomic mass is 9.96. The molecule has 3 heterocycles. The van der Waals surface area contributed by atoms with Crippen LogP contribution in [0, 0.1) is 5.92 Å². The molecule has 0 saturated carbocycles. The van der Waals surface area contributed by atoms with Gasteiger partial charge in [0.25, 0.3) is 0 Å². The number of carbonyl (C=O) groups excluding carboxylic acids is 1. The number of ether oxygens (including phenoxy) is 2. The molecule has 12 heteroatoms. The molecule has 212 valence electrons. The molecule has 40 heavy (non-hydrogen) atoms. The van der Waals surface area contributed by atoms with Crippen LogP contribution in [0.1, 0.15) is 24.5 Å². The minimum absolute atomic E-state index is 0.0103. The SMILES string of the molecule is C/C=C1\C2=C(CCN2C(N)=O)C(c2cc(OC)cc(OC)c2)=NN1c1cc(N2CC(CO)C2)ccc1C(F)(F)F. The fourth-order valence-corrected chi connectivity index (χ4v) is 5.32. The summed E-state index contributed by atoms with van der Waals surface area (Å²) in [4.78, 5) is 15.7. The number of hydrazone groups is 1. The Morgan fingerprint density at radius 2 is 1.82 bits per heavy atom. The number of primary amides is 1. The quantitative estimate of drug-likeness (QED) is 0.549. The molecular formula is C28H30F3N5O4. The Labute approximate surface area is 229 Å². The first-order valence-electron chi connectivity index (χ1n) is 12.8. The van der Waals surface area contributed by atoms with Gasteiger partial charge in [-0.1, -0.05) is 6.08 Å². The Morgan fingerprint density at radius 3 is 2.38 bits per heavy atom. The predicted octanol–water partition coefficient (Wildman–Crippen LogP) is 4.32. The molecule has 9 nitrogen and oxygen atoms in total. The number of anilines is 2. The van der Waals surface area contributed by atoms with Crippen LogP contribution in [-0.4, -0.2) is 62.2 Å². The number of aliphatic hydroxyl groups excluding tert-OH is 1. The van der Waals surface area contributed by atoms with Crippen LogP contribution in [0.4, 0.5) is 29.3 Å². The van der Waals surface area contributed by atoms with Crippen LogP contribution >= 0.6 is 0 Å². The van der Waals surface area contributed by atoms with Crippen LogP contribution in [0.2, 0.25) is 0 Å². The Morgan fingerprint density at radius 1 is 1.15 bits per heavy atom. The van der Waals surface area contributed by atoms with E-state index in [2.05, 4.69) is 0 Å². The molecule has 2 amide bonds. The molecule has 0 atom stereocenters. The summed E-state index contributed by atoms with van der Waals surface area (Å²) >= 11 is 0. The summed E-state index contributed by atoms with van der Waals surface area (Å²) in [5, 5.41) is 15.4. The number of allylic oxidation sites excluding steroid dienone is 1. The number of rotatable bonds is 6. The van der Waals surface area contributed by atoms with Crippen molar-refractivity contribution in [3.05, 3.63) is 70.6 Å². The van der Waals surface area contributed by atoms with Gasteiger partial charge < -0.3 is 25.2 Å². The van der Waals surface area contributed by atoms with Crippen LogP contribution in [0.5, 0.6) is 11.5 Å². The van der Waals surface area contributed by atoms with Gasteiger partial charge in [-0.25, -0.2) is 9.80 Å². The summed E-state index contributed by atoms with van der Waals surface area (Å²) in [6.07, 6.45) is -2.65. The third-order valence-corrected chi connectivity index (χ3v) is 7.36. The summed E-state index contributed by atoms with van der Waals surface area (Å²) < 4.78 is 54.0. The lowest BCUT2D eigenvalue weighted by Crippen LogP contribution is -2.48. The summed E-state index contributed by atoms with van der Waals surface area (Å²) in [6, 6.07) is 8.31. The number of nitrogens with two attached hydrogens (primary N) is 1. The van der Waals surface area contributed by atoms with Crippen molar-refractivity contribution in [2.75, 3.05) is 50.4 Å². The fourth-order valence-electron chi connectivity index (χ4n) is 5.32. The van der Waals surface area contributed by atoms with Gasteiger partial charge in [-0.3, -0.25) is 4.90 Å². The van der Waals surface area contributed by atoms with Crippen molar-refractivity contribution >= 4 is 23.1 Å². The summed E-state index contributed by atoms with van der Waals surface area (Å²) in [5.41, 5.74) is 7.53. The van der Waals surface area contributed by atoms with E-state index in [1.807, 2.05) is 4.90 Å². The first-order chi connectivity index (χ1) is 19.1. The molecule has 3 N–H and O–H groups in total. The van der Waals surface area contributed by atoms with Gasteiger partial charge in [0.1, 0.15) is 11.5 Å². The molecular weight excluding hydrogens is 527 g/mol. The van der Waals surface area contributed by atoms with Gasteiger partial charge in [-0.2, -0.15) is 18.3 Å². The lowest BCUT2D eigenvalue weighted by molar-refractivity contribution is -0.137. The van der Waals surface area contributed by atoms with Crippen LogP contribution in [0.3, 0.4) is 0 Å². The molecule has 0 aromatic heterocycles. The Kier molecular flexibility index (Phi) is 7.13. The second-order valence-electron chi connectivity index (χ2n) is 9.76. The second-order valence-corrected chi connectivity index (χ2v) is 9.76. The zero-order valence-corrected chi connectivity index (χ0v) is 22.3. The third-order valence-electron chi connectivity index (χ3n) is 7.36. The molecule has 0 bridgehead atoms. The highest BCUT2D eigenvalue weighted by molar-refractivity contribution is 6.16. The lowest BCUT2D eigenvalue weighted by Gasteiger charge is -2.41. The predicted molar refractivity (Wildman–Crippen MR) is 144 cm³/mol. The van der Waals surface area contributed by atoms with Crippen LogP contribution in [0.15, 0.2) is 64.5 Å². The summed E-state index contributed by atoms with van der Waals surface area (Å²) in [7, 11) is 3.00. The van der Waals surface area contributed by atoms with Crippen molar-refractivity contribution in [1.29, 1.82) is 0 Å². The topological polar surface area (TPSA) is 104 Å². The number of aliphatic hydroxyl groups is 1. The van der Waals surface area contributed by atoms with Crippen molar-refractivity contribution in [2.24, 2.45) is 16.8 Å². The molecule has 3 aliphatic heterocycles. The van der Waals surface area contributed by atoms with E-state index in [4.69, 9.17) is 20.3 Å². The number of urea groups is 1. The van der Waals surface area contributed by atoms with E-state index in [0.717, 1.165) is 6.07 Å². The van der Waals surface area contributed by atoms with Gasteiger partial charge in [0.05, 0.1) is 42.6 Å². The van der Waals surface area contributed by atoms with Crippen molar-refractivity contribution in [2.45, 2.75) is 19.5 Å². The molecule has 1 saturated heterocycles. The number of amides is 2. The van der Waals surface area contributed by atoms with E-state index in [-0.39, 0.29) is 24.8 Å². The largest absolute Gasteiger partial charge is 0.497 e. The van der Waals surface area contributed by atoms with Gasteiger partial charge in [0.2, 0.25) is 0 Å². The smallest absolute Gasteiger partial charge is 0.418 e. The zero-order valence-electron chi connectivity index (χ0n) is 22.3. The Hall–Kier alpha value is -4.19. The van der Waals surface area contributed by atoms with Crippen molar-refractivity contribution in [1.82, 2.24) is 4.90 Å². The Balaban J connectivity index is 1.73. The number of hydrogen-bond acceptors (Lipinski definition) is 7. The highest BCUT2D eigenvalue weighted by Gasteiger charge is 2.42. The maximum Gasteiger partial charge on any atom is 0.418 e. The average Bonchev–Trinajstić information content (AvgIpc) is 3.36. The number of alkyl halides is 3. The highest BCUT2D eigenvalue weighted by Crippen LogP contribution is 2.45. The maximum atomic E-state index is 14.4. The molecule has 0 unspecified atom stereocenters. The van der Waals surface area contributed by atoms with E-state index in [0.29, 0.717) is 64.9 Å². The Bertz CT molecular complexity index is 1410. The molecule has 1 fully saturated rings. The number of halogens is 3. The average molecular weight is 558 g/mol. The van der Waals surface area contributed by atoms with Gasteiger partial charge in [-0.15, -0.1) is 0 Å². The number of benzene rings is 2. The second kappa shape index (κ2) is 10.4. The summed E-state index contributed by atoms with van der Waals surface area (Å²) in [5.74, 6) is 1.01. The molecule has 0 spiro atoms. The van der Waals surface area contributed by atoms with E-state index >= 15 is 0 Å².